The number of hydrogen-bond donors (Lipinski definition) is 0. The van der Waals surface area contributed by atoms with Gasteiger partial charge in [0.15, 0.2) is 0 Å². The molecule has 0 heterocycles. The van der Waals surface area contributed by atoms with E-state index in [9.17, 15) is 4.79 Å². The molecule has 0 aliphatic carbocycles. The average molecular weight is 590 g/mol. The van der Waals surface area contributed by atoms with Crippen molar-refractivity contribution in [2.45, 2.75) is 187 Å². The lowest BCUT2D eigenvalue weighted by Gasteiger charge is -2.16. The molecule has 3 heteroatoms. The van der Waals surface area contributed by atoms with Crippen molar-refractivity contribution in [2.24, 2.45) is 5.92 Å². The fourth-order valence-corrected chi connectivity index (χ4v) is 5.71. The van der Waals surface area contributed by atoms with E-state index in [0.29, 0.717) is 13.0 Å². The molecule has 0 atom stereocenters. The maximum absolute atomic E-state index is 11.8. The van der Waals surface area contributed by atoms with E-state index >= 15 is 0 Å². The number of rotatable bonds is 33. The highest BCUT2D eigenvalue weighted by molar-refractivity contribution is 5.69. The van der Waals surface area contributed by atoms with Crippen LogP contribution in [0.15, 0.2) is 24.3 Å². The van der Waals surface area contributed by atoms with E-state index in [1.165, 1.54) is 148 Å². The van der Waals surface area contributed by atoms with E-state index in [0.717, 1.165) is 31.7 Å². The van der Waals surface area contributed by atoms with E-state index in [4.69, 9.17) is 4.74 Å². The summed E-state index contributed by atoms with van der Waals surface area (Å²) in [5.74, 6) is 0.916. The first-order chi connectivity index (χ1) is 20.6. The summed E-state index contributed by atoms with van der Waals surface area (Å²) in [4.78, 5) is 13.9. The Labute approximate surface area is 264 Å². The standard InChI is InChI=1S/C39H75NO2/c1-5-7-9-11-13-18-22-26-32-38(33-27-23-19-14-12-10-8-6-2)34-28-24-20-16-15-17-21-25-31-37-42-39(41)35-29-30-36-40(3)4/h13-14,18-19,38H,5-12,15-17,20-37H2,1-4H3/b18-13-,19-14-. The number of carbonyl (C=O) groups excluding carboxylic acids is 1. The van der Waals surface area contributed by atoms with Crippen LogP contribution in [0.2, 0.25) is 0 Å². The monoisotopic (exact) mass is 590 g/mol. The molecule has 0 spiro atoms. The zero-order valence-electron chi connectivity index (χ0n) is 29.2. The molecule has 0 aromatic heterocycles. The van der Waals surface area contributed by atoms with Gasteiger partial charge in [-0.2, -0.15) is 0 Å². The van der Waals surface area contributed by atoms with E-state index in [1.807, 2.05) is 0 Å². The van der Waals surface area contributed by atoms with Crippen LogP contribution in [0.5, 0.6) is 0 Å². The van der Waals surface area contributed by atoms with Gasteiger partial charge in [-0.15, -0.1) is 0 Å². The zero-order chi connectivity index (χ0) is 30.8. The van der Waals surface area contributed by atoms with Gasteiger partial charge in [0.1, 0.15) is 0 Å². The van der Waals surface area contributed by atoms with Gasteiger partial charge in [-0.05, 0) is 97.2 Å². The molecule has 0 bridgehead atoms. The van der Waals surface area contributed by atoms with Crippen LogP contribution in [0.4, 0.5) is 0 Å². The fraction of sp³-hybridized carbons (Fsp3) is 0.872. The first kappa shape index (κ1) is 40.9. The number of carbonyl (C=O) groups is 1. The lowest BCUT2D eigenvalue weighted by molar-refractivity contribution is -0.143. The SMILES string of the molecule is CCCCC/C=C\CCCC(CCC/C=C\CCCCC)CCCCCCCCCCCOC(=O)CCCCN(C)C. The van der Waals surface area contributed by atoms with Gasteiger partial charge in [0.25, 0.3) is 0 Å². The molecule has 0 aliphatic rings. The molecule has 0 amide bonds. The van der Waals surface area contributed by atoms with Gasteiger partial charge in [-0.1, -0.05) is 134 Å². The third kappa shape index (κ3) is 33.4. The van der Waals surface area contributed by atoms with E-state index < -0.39 is 0 Å². The second-order valence-electron chi connectivity index (χ2n) is 13.1. The smallest absolute Gasteiger partial charge is 0.305 e. The quantitative estimate of drug-likeness (QED) is 0.0433. The van der Waals surface area contributed by atoms with Gasteiger partial charge in [-0.3, -0.25) is 4.79 Å². The van der Waals surface area contributed by atoms with Crippen molar-refractivity contribution in [2.75, 3.05) is 27.2 Å². The minimum Gasteiger partial charge on any atom is -0.466 e. The van der Waals surface area contributed by atoms with Crippen LogP contribution in [0.25, 0.3) is 0 Å². The van der Waals surface area contributed by atoms with Gasteiger partial charge < -0.3 is 9.64 Å². The Kier molecular flexibility index (Phi) is 33.5. The Hall–Kier alpha value is -1.09. The predicted molar refractivity (Wildman–Crippen MR) is 187 cm³/mol. The van der Waals surface area contributed by atoms with E-state index in [1.54, 1.807) is 0 Å². The summed E-state index contributed by atoms with van der Waals surface area (Å²) >= 11 is 0. The molecular weight excluding hydrogens is 514 g/mol. The number of allylic oxidation sites excluding steroid dienone is 4. The molecule has 0 saturated heterocycles. The second-order valence-corrected chi connectivity index (χ2v) is 13.1. The summed E-state index contributed by atoms with van der Waals surface area (Å²) in [6.07, 6.45) is 44.4. The summed E-state index contributed by atoms with van der Waals surface area (Å²) < 4.78 is 5.39. The van der Waals surface area contributed by atoms with Crippen LogP contribution < -0.4 is 0 Å². The maximum atomic E-state index is 11.8. The van der Waals surface area contributed by atoms with Crippen LogP contribution in [-0.2, 0) is 9.53 Å². The molecule has 0 radical (unpaired) electrons. The number of hydrogen-bond acceptors (Lipinski definition) is 3. The van der Waals surface area contributed by atoms with Crippen molar-refractivity contribution in [3.63, 3.8) is 0 Å². The van der Waals surface area contributed by atoms with Gasteiger partial charge >= 0.3 is 5.97 Å². The van der Waals surface area contributed by atoms with Gasteiger partial charge in [0, 0.05) is 6.42 Å². The molecule has 0 N–H and O–H groups in total. The summed E-state index contributed by atoms with van der Waals surface area (Å²) in [7, 11) is 4.14. The Morgan fingerprint density at radius 3 is 1.50 bits per heavy atom. The molecule has 0 fully saturated rings. The topological polar surface area (TPSA) is 29.5 Å². The van der Waals surface area contributed by atoms with Crippen LogP contribution in [0.3, 0.4) is 0 Å². The van der Waals surface area contributed by atoms with Crippen molar-refractivity contribution in [1.29, 1.82) is 0 Å². The third-order valence-electron chi connectivity index (χ3n) is 8.50. The lowest BCUT2D eigenvalue weighted by atomic mass is 9.90. The van der Waals surface area contributed by atoms with Crippen LogP contribution in [-0.4, -0.2) is 38.1 Å². The van der Waals surface area contributed by atoms with Gasteiger partial charge in [0.2, 0.25) is 0 Å². The Morgan fingerprint density at radius 2 is 1.00 bits per heavy atom. The van der Waals surface area contributed by atoms with E-state index in [2.05, 4.69) is 57.1 Å². The third-order valence-corrected chi connectivity index (χ3v) is 8.50. The normalized spacial score (nSPS) is 12.0. The number of ether oxygens (including phenoxy) is 1. The minimum atomic E-state index is -0.0136. The maximum Gasteiger partial charge on any atom is 0.305 e. The van der Waals surface area contributed by atoms with Crippen molar-refractivity contribution in [3.05, 3.63) is 24.3 Å². The van der Waals surface area contributed by atoms with Crippen LogP contribution in [0.1, 0.15) is 187 Å². The van der Waals surface area contributed by atoms with Gasteiger partial charge in [0.05, 0.1) is 6.61 Å². The predicted octanol–water partition coefficient (Wildman–Crippen LogP) is 12.4. The largest absolute Gasteiger partial charge is 0.466 e. The van der Waals surface area contributed by atoms with Crippen molar-refractivity contribution in [1.82, 2.24) is 4.90 Å². The Balaban J connectivity index is 3.87. The molecule has 42 heavy (non-hydrogen) atoms. The summed E-state index contributed by atoms with van der Waals surface area (Å²) in [6.45, 7) is 6.22. The average Bonchev–Trinajstić information content (AvgIpc) is 2.98. The molecule has 0 aromatic carbocycles. The minimum absolute atomic E-state index is 0.0136. The molecule has 248 valence electrons. The Bertz CT molecular complexity index is 571. The second kappa shape index (κ2) is 34.4. The van der Waals surface area contributed by atoms with Crippen molar-refractivity contribution >= 4 is 5.97 Å². The van der Waals surface area contributed by atoms with Crippen molar-refractivity contribution < 1.29 is 9.53 Å². The summed E-state index contributed by atoms with van der Waals surface area (Å²) in [6, 6.07) is 0. The molecule has 0 unspecified atom stereocenters. The number of unbranched alkanes of at least 4 members (excludes halogenated alkanes) is 17. The molecule has 0 saturated carbocycles. The summed E-state index contributed by atoms with van der Waals surface area (Å²) in [5, 5.41) is 0. The lowest BCUT2D eigenvalue weighted by Crippen LogP contribution is -2.13. The summed E-state index contributed by atoms with van der Waals surface area (Å²) in [5.41, 5.74) is 0. The van der Waals surface area contributed by atoms with Crippen molar-refractivity contribution in [3.8, 4) is 0 Å². The fourth-order valence-electron chi connectivity index (χ4n) is 5.71. The van der Waals surface area contributed by atoms with Crippen LogP contribution in [0, 0.1) is 5.92 Å². The molecule has 0 rings (SSSR count). The first-order valence-corrected chi connectivity index (χ1v) is 18.7. The Morgan fingerprint density at radius 1 is 0.548 bits per heavy atom. The first-order valence-electron chi connectivity index (χ1n) is 18.7. The number of esters is 1. The molecular formula is C39H75NO2. The highest BCUT2D eigenvalue weighted by atomic mass is 16.5. The molecule has 0 aliphatic heterocycles. The van der Waals surface area contributed by atoms with E-state index in [-0.39, 0.29) is 5.97 Å². The molecule has 3 nitrogen and oxygen atoms in total. The van der Waals surface area contributed by atoms with Gasteiger partial charge in [-0.25, -0.2) is 0 Å². The molecule has 0 aromatic rings. The number of nitrogens with zero attached hydrogens (tertiary/aromatic N) is 1. The van der Waals surface area contributed by atoms with Crippen LogP contribution >= 0.6 is 0 Å². The zero-order valence-corrected chi connectivity index (χ0v) is 29.2. The highest BCUT2D eigenvalue weighted by Gasteiger charge is 2.08. The highest BCUT2D eigenvalue weighted by Crippen LogP contribution is 2.24.